The molecule has 3 heterocycles. The van der Waals surface area contributed by atoms with E-state index in [4.69, 9.17) is 16.3 Å². The number of hydrogen-bond donors (Lipinski definition) is 2. The molecule has 0 radical (unpaired) electrons. The number of para-hydroxylation sites is 2. The molecule has 0 amide bonds. The smallest absolute Gasteiger partial charge is 0.449 e. The van der Waals surface area contributed by atoms with Crippen molar-refractivity contribution in [3.05, 3.63) is 88.5 Å². The van der Waals surface area contributed by atoms with E-state index in [1.807, 2.05) is 29.2 Å². The first-order valence-corrected chi connectivity index (χ1v) is 12.8. The van der Waals surface area contributed by atoms with Crippen molar-refractivity contribution < 1.29 is 27.8 Å². The molecule has 2 N–H and O–H groups in total. The summed E-state index contributed by atoms with van der Waals surface area (Å²) in [6.07, 6.45) is -3.06. The molecule has 8 nitrogen and oxygen atoms in total. The van der Waals surface area contributed by atoms with Crippen molar-refractivity contribution >= 4 is 45.3 Å². The SMILES string of the molecule is Cc1c(Cl)cccc1Cn1c(C(F)(F)F)nc2c(C(=O)O)cc(N3CCOCC3)cc21.c1ccc2[nH]cnc2c1. The van der Waals surface area contributed by atoms with Crippen molar-refractivity contribution in [1.82, 2.24) is 19.5 Å². The fraction of sp³-hybridized carbons (Fsp3) is 0.250. The number of aromatic nitrogens is 4. The first kappa shape index (κ1) is 27.5. The predicted molar refractivity (Wildman–Crippen MR) is 146 cm³/mol. The first-order chi connectivity index (χ1) is 19.1. The van der Waals surface area contributed by atoms with Crippen LogP contribution < -0.4 is 4.90 Å². The average molecular weight is 572 g/mol. The third-order valence-corrected chi connectivity index (χ3v) is 7.14. The zero-order valence-corrected chi connectivity index (χ0v) is 22.1. The number of morpholine rings is 1. The minimum atomic E-state index is -4.76. The number of carbonyl (C=O) groups is 1. The van der Waals surface area contributed by atoms with E-state index >= 15 is 0 Å². The monoisotopic (exact) mass is 571 g/mol. The van der Waals surface area contributed by atoms with Crippen LogP contribution in [-0.2, 0) is 17.5 Å². The van der Waals surface area contributed by atoms with E-state index in [1.165, 1.54) is 6.07 Å². The highest BCUT2D eigenvalue weighted by atomic mass is 35.5. The van der Waals surface area contributed by atoms with Gasteiger partial charge in [0.25, 0.3) is 0 Å². The molecule has 1 fully saturated rings. The third kappa shape index (κ3) is 5.61. The van der Waals surface area contributed by atoms with Crippen molar-refractivity contribution in [2.45, 2.75) is 19.6 Å². The number of halogens is 4. The number of imidazole rings is 2. The molecule has 2 aromatic heterocycles. The average Bonchev–Trinajstić information content (AvgIpc) is 3.56. The molecule has 0 aliphatic carbocycles. The van der Waals surface area contributed by atoms with Crippen LogP contribution in [0.4, 0.5) is 18.9 Å². The molecule has 0 atom stereocenters. The van der Waals surface area contributed by atoms with Gasteiger partial charge in [-0.15, -0.1) is 0 Å². The van der Waals surface area contributed by atoms with Crippen LogP contribution in [0.1, 0.15) is 27.3 Å². The zero-order valence-electron chi connectivity index (χ0n) is 21.4. The van der Waals surface area contributed by atoms with E-state index in [-0.39, 0.29) is 23.1 Å². The topological polar surface area (TPSA) is 96.3 Å². The Kier molecular flexibility index (Phi) is 7.68. The van der Waals surface area contributed by atoms with Gasteiger partial charge in [-0.3, -0.25) is 0 Å². The number of benzene rings is 3. The summed E-state index contributed by atoms with van der Waals surface area (Å²) in [4.78, 5) is 24.6. The number of aromatic amines is 1. The van der Waals surface area contributed by atoms with Crippen LogP contribution in [0.25, 0.3) is 22.1 Å². The summed E-state index contributed by atoms with van der Waals surface area (Å²) in [6, 6.07) is 15.9. The number of hydrogen-bond acceptors (Lipinski definition) is 5. The summed E-state index contributed by atoms with van der Waals surface area (Å²) in [5.41, 5.74) is 3.52. The summed E-state index contributed by atoms with van der Waals surface area (Å²) in [7, 11) is 0. The van der Waals surface area contributed by atoms with Crippen LogP contribution in [0.5, 0.6) is 0 Å². The maximum absolute atomic E-state index is 13.9. The molecule has 6 rings (SSSR count). The largest absolute Gasteiger partial charge is 0.478 e. The third-order valence-electron chi connectivity index (χ3n) is 6.73. The van der Waals surface area contributed by atoms with E-state index in [0.29, 0.717) is 48.1 Å². The Hall–Kier alpha value is -4.09. The van der Waals surface area contributed by atoms with Gasteiger partial charge in [-0.1, -0.05) is 35.9 Å². The predicted octanol–water partition coefficient (Wildman–Crippen LogP) is 6.16. The van der Waals surface area contributed by atoms with Crippen LogP contribution in [0.3, 0.4) is 0 Å². The van der Waals surface area contributed by atoms with Gasteiger partial charge in [0.1, 0.15) is 5.52 Å². The van der Waals surface area contributed by atoms with Crippen molar-refractivity contribution in [2.75, 3.05) is 31.2 Å². The lowest BCUT2D eigenvalue weighted by molar-refractivity contribution is -0.146. The van der Waals surface area contributed by atoms with Crippen molar-refractivity contribution in [2.24, 2.45) is 0 Å². The molecular weight excluding hydrogens is 547 g/mol. The van der Waals surface area contributed by atoms with E-state index in [9.17, 15) is 23.1 Å². The number of nitrogens with zero attached hydrogens (tertiary/aromatic N) is 4. The normalized spacial score (nSPS) is 13.9. The molecule has 1 aliphatic heterocycles. The van der Waals surface area contributed by atoms with Gasteiger partial charge in [-0.2, -0.15) is 13.2 Å². The number of fused-ring (bicyclic) bond motifs is 2. The molecule has 0 spiro atoms. The number of carboxylic acid groups (broad SMARTS) is 1. The van der Waals surface area contributed by atoms with Crippen LogP contribution in [0.15, 0.2) is 60.9 Å². The van der Waals surface area contributed by atoms with E-state index < -0.39 is 18.0 Å². The Morgan fingerprint density at radius 3 is 2.58 bits per heavy atom. The highest BCUT2D eigenvalue weighted by molar-refractivity contribution is 6.31. The maximum Gasteiger partial charge on any atom is 0.449 e. The molecular formula is C28H25ClF3N5O3. The standard InChI is InChI=1S/C21H19ClF3N3O3.C7H6N2/c1-12-13(3-2-4-16(12)22)11-28-17-10-14(27-5-7-31-8-6-27)9-15(19(29)30)18(17)26-20(28)21(23,24)25;1-2-4-7-6(3-1)8-5-9-7/h2-4,9-10H,5-8,11H2,1H3,(H,29,30);1-5H,(H,8,9). The van der Waals surface area contributed by atoms with Crippen molar-refractivity contribution in [1.29, 1.82) is 0 Å². The Morgan fingerprint density at radius 1 is 1.12 bits per heavy atom. The summed E-state index contributed by atoms with van der Waals surface area (Å²) in [5, 5.41) is 10.1. The van der Waals surface area contributed by atoms with Gasteiger partial charge in [-0.05, 0) is 48.4 Å². The molecule has 40 heavy (non-hydrogen) atoms. The number of alkyl halides is 3. The Bertz CT molecular complexity index is 1650. The molecule has 3 aromatic carbocycles. The van der Waals surface area contributed by atoms with Crippen molar-refractivity contribution in [3.63, 3.8) is 0 Å². The van der Waals surface area contributed by atoms with Gasteiger partial charge in [0.15, 0.2) is 0 Å². The second kappa shape index (κ2) is 11.2. The summed E-state index contributed by atoms with van der Waals surface area (Å²) < 4.78 is 48.0. The van der Waals surface area contributed by atoms with Crippen LogP contribution in [-0.4, -0.2) is 56.9 Å². The molecule has 0 saturated carbocycles. The van der Waals surface area contributed by atoms with Gasteiger partial charge in [0.2, 0.25) is 5.82 Å². The molecule has 1 aliphatic rings. The number of rotatable bonds is 4. The minimum absolute atomic E-state index is 0.105. The molecule has 12 heteroatoms. The summed E-state index contributed by atoms with van der Waals surface area (Å²) >= 11 is 6.15. The van der Waals surface area contributed by atoms with Crippen LogP contribution >= 0.6 is 11.6 Å². The lowest BCUT2D eigenvalue weighted by atomic mass is 10.1. The van der Waals surface area contributed by atoms with E-state index in [1.54, 1.807) is 37.5 Å². The number of carboxylic acids is 1. The van der Waals surface area contributed by atoms with E-state index in [0.717, 1.165) is 15.6 Å². The fourth-order valence-corrected chi connectivity index (χ4v) is 4.82. The molecule has 208 valence electrons. The number of aromatic carboxylic acids is 1. The molecule has 0 bridgehead atoms. The van der Waals surface area contributed by atoms with Gasteiger partial charge in [0, 0.05) is 30.3 Å². The summed E-state index contributed by atoms with van der Waals surface area (Å²) in [6.45, 7) is 3.51. The Balaban J connectivity index is 0.000000301. The Morgan fingerprint density at radius 2 is 1.88 bits per heavy atom. The number of H-pyrrole nitrogens is 1. The number of anilines is 1. The zero-order chi connectivity index (χ0) is 28.4. The van der Waals surface area contributed by atoms with Gasteiger partial charge < -0.3 is 24.3 Å². The van der Waals surface area contributed by atoms with Crippen molar-refractivity contribution in [3.8, 4) is 0 Å². The molecule has 0 unspecified atom stereocenters. The van der Waals surface area contributed by atoms with Gasteiger partial charge >= 0.3 is 12.1 Å². The fourth-order valence-electron chi connectivity index (χ4n) is 4.62. The second-order valence-electron chi connectivity index (χ2n) is 9.23. The first-order valence-electron chi connectivity index (χ1n) is 12.4. The quantitative estimate of drug-likeness (QED) is 0.268. The number of ether oxygens (including phenoxy) is 1. The second-order valence-corrected chi connectivity index (χ2v) is 9.64. The lowest BCUT2D eigenvalue weighted by Gasteiger charge is -2.29. The molecule has 1 saturated heterocycles. The van der Waals surface area contributed by atoms with Gasteiger partial charge in [0.05, 0.1) is 41.7 Å². The minimum Gasteiger partial charge on any atom is -0.478 e. The lowest BCUT2D eigenvalue weighted by Crippen LogP contribution is -2.36. The highest BCUT2D eigenvalue weighted by Crippen LogP contribution is 2.36. The summed E-state index contributed by atoms with van der Waals surface area (Å²) in [5.74, 6) is -2.49. The molecule has 5 aromatic rings. The van der Waals surface area contributed by atoms with Crippen LogP contribution in [0.2, 0.25) is 5.02 Å². The van der Waals surface area contributed by atoms with Crippen LogP contribution in [0, 0.1) is 6.92 Å². The van der Waals surface area contributed by atoms with Gasteiger partial charge in [-0.25, -0.2) is 14.8 Å². The van der Waals surface area contributed by atoms with E-state index in [2.05, 4.69) is 15.0 Å². The highest BCUT2D eigenvalue weighted by Gasteiger charge is 2.38. The number of nitrogens with one attached hydrogen (secondary N) is 1. The Labute approximate surface area is 232 Å². The maximum atomic E-state index is 13.9.